The zero-order valence-corrected chi connectivity index (χ0v) is 11.4. The Balaban J connectivity index is 1.73. The Kier molecular flexibility index (Phi) is 5.05. The molecule has 0 aromatic heterocycles. The lowest BCUT2D eigenvalue weighted by Gasteiger charge is -2.38. The number of rotatable bonds is 4. The lowest BCUT2D eigenvalue weighted by atomic mass is 9.70. The summed E-state index contributed by atoms with van der Waals surface area (Å²) in [6.45, 7) is 1.73. The molecule has 108 valence electrons. The average Bonchev–Trinajstić information content (AvgIpc) is 2.38. The molecule has 0 amide bonds. The van der Waals surface area contributed by atoms with Gasteiger partial charge in [-0.25, -0.2) is 4.79 Å². The molecule has 2 rings (SSSR count). The summed E-state index contributed by atoms with van der Waals surface area (Å²) in [6, 6.07) is 0. The van der Waals surface area contributed by atoms with Crippen LogP contribution in [0.5, 0.6) is 0 Å². The van der Waals surface area contributed by atoms with Crippen LogP contribution in [0.25, 0.3) is 0 Å². The summed E-state index contributed by atoms with van der Waals surface area (Å²) in [5.41, 5.74) is 0. The number of hydrogen-bond acceptors (Lipinski definition) is 5. The lowest BCUT2D eigenvalue weighted by molar-refractivity contribution is -0.154. The zero-order chi connectivity index (χ0) is 13.7. The largest absolute Gasteiger partial charge is 0.511 e. The zero-order valence-electron chi connectivity index (χ0n) is 11.4. The number of fused-ring (bicyclic) bond motifs is 1. The lowest BCUT2D eigenvalue weighted by Crippen LogP contribution is -2.33. The van der Waals surface area contributed by atoms with Crippen molar-refractivity contribution in [1.29, 1.82) is 0 Å². The minimum absolute atomic E-state index is 0.0460. The van der Waals surface area contributed by atoms with Crippen molar-refractivity contribution in [3.63, 3.8) is 0 Å². The van der Waals surface area contributed by atoms with Crippen LogP contribution in [0.4, 0.5) is 4.79 Å². The Morgan fingerprint density at radius 2 is 1.89 bits per heavy atom. The molecule has 0 aliphatic heterocycles. The van der Waals surface area contributed by atoms with E-state index in [1.165, 1.54) is 32.6 Å². The fraction of sp³-hybridized carbons (Fsp3) is 0.857. The van der Waals surface area contributed by atoms with Crippen molar-refractivity contribution in [2.45, 2.75) is 64.3 Å². The molecule has 2 fully saturated rings. The van der Waals surface area contributed by atoms with Crippen LogP contribution < -0.4 is 0 Å². The fourth-order valence-corrected chi connectivity index (χ4v) is 3.34. The molecule has 2 aliphatic rings. The first kappa shape index (κ1) is 14.2. The molecule has 19 heavy (non-hydrogen) atoms. The molecule has 0 spiro atoms. The molecule has 0 bridgehead atoms. The van der Waals surface area contributed by atoms with Gasteiger partial charge in [0.1, 0.15) is 6.10 Å². The maximum Gasteiger partial charge on any atom is 0.511 e. The second-order valence-corrected chi connectivity index (χ2v) is 5.53. The molecule has 0 N–H and O–H groups in total. The highest BCUT2D eigenvalue weighted by Crippen LogP contribution is 2.41. The first-order chi connectivity index (χ1) is 9.19. The van der Waals surface area contributed by atoms with Crippen LogP contribution in [-0.4, -0.2) is 25.0 Å². The average molecular weight is 270 g/mol. The van der Waals surface area contributed by atoms with Gasteiger partial charge in [-0.2, -0.15) is 0 Å². The highest BCUT2D eigenvalue weighted by atomic mass is 16.8. The predicted octanol–water partition coefficient (Wildman–Crippen LogP) is 3.02. The monoisotopic (exact) mass is 270 g/mol. The summed E-state index contributed by atoms with van der Waals surface area (Å²) in [5.74, 6) is 1.52. The molecule has 4 atom stereocenters. The van der Waals surface area contributed by atoms with Gasteiger partial charge in [0.15, 0.2) is 0 Å². The van der Waals surface area contributed by atoms with E-state index in [4.69, 9.17) is 9.47 Å². The first-order valence-electron chi connectivity index (χ1n) is 7.15. The molecular weight excluding hydrogens is 248 g/mol. The Morgan fingerprint density at radius 1 is 1.16 bits per heavy atom. The maximum atomic E-state index is 11.5. The van der Waals surface area contributed by atoms with Crippen molar-refractivity contribution >= 4 is 12.6 Å². The fourth-order valence-electron chi connectivity index (χ4n) is 3.34. The standard InChI is InChI=1S/C14H22O5/c1-10(17-9-15)18-14(16)19-13-7-6-11-4-2-3-5-12(11)8-13/h9-13H,2-8H2,1H3. The van der Waals surface area contributed by atoms with Gasteiger partial charge in [0.05, 0.1) is 0 Å². The highest BCUT2D eigenvalue weighted by Gasteiger charge is 2.34. The molecular formula is C14H22O5. The topological polar surface area (TPSA) is 61.8 Å². The van der Waals surface area contributed by atoms with Crippen LogP contribution in [0.1, 0.15) is 51.9 Å². The van der Waals surface area contributed by atoms with Gasteiger partial charge >= 0.3 is 6.16 Å². The molecule has 5 nitrogen and oxygen atoms in total. The van der Waals surface area contributed by atoms with Crippen LogP contribution >= 0.6 is 0 Å². The molecule has 5 heteroatoms. The summed E-state index contributed by atoms with van der Waals surface area (Å²) < 4.78 is 14.6. The van der Waals surface area contributed by atoms with Gasteiger partial charge in [-0.3, -0.25) is 4.79 Å². The van der Waals surface area contributed by atoms with Crippen molar-refractivity contribution in [2.24, 2.45) is 11.8 Å². The van der Waals surface area contributed by atoms with Gasteiger partial charge < -0.3 is 14.2 Å². The summed E-state index contributed by atoms with van der Waals surface area (Å²) in [4.78, 5) is 21.6. The Morgan fingerprint density at radius 3 is 2.63 bits per heavy atom. The molecule has 0 radical (unpaired) electrons. The number of carbonyl (C=O) groups is 2. The Labute approximate surface area is 113 Å². The third-order valence-corrected chi connectivity index (χ3v) is 4.26. The predicted molar refractivity (Wildman–Crippen MR) is 67.3 cm³/mol. The van der Waals surface area contributed by atoms with E-state index in [1.807, 2.05) is 0 Å². The summed E-state index contributed by atoms with van der Waals surface area (Å²) in [5, 5.41) is 0. The summed E-state index contributed by atoms with van der Waals surface area (Å²) in [7, 11) is 0. The van der Waals surface area contributed by atoms with E-state index < -0.39 is 12.4 Å². The van der Waals surface area contributed by atoms with E-state index in [2.05, 4.69) is 4.74 Å². The van der Waals surface area contributed by atoms with Crippen LogP contribution in [-0.2, 0) is 19.0 Å². The first-order valence-corrected chi connectivity index (χ1v) is 7.15. The maximum absolute atomic E-state index is 11.5. The third-order valence-electron chi connectivity index (χ3n) is 4.26. The van der Waals surface area contributed by atoms with Crippen molar-refractivity contribution in [2.75, 3.05) is 0 Å². The smallest absolute Gasteiger partial charge is 0.431 e. The van der Waals surface area contributed by atoms with E-state index in [9.17, 15) is 9.59 Å². The quantitative estimate of drug-likeness (QED) is 0.446. The molecule has 2 saturated carbocycles. The van der Waals surface area contributed by atoms with Crippen LogP contribution in [0.15, 0.2) is 0 Å². The minimum atomic E-state index is -0.893. The van der Waals surface area contributed by atoms with Gasteiger partial charge in [-0.1, -0.05) is 25.7 Å². The van der Waals surface area contributed by atoms with Crippen molar-refractivity contribution < 1.29 is 23.8 Å². The van der Waals surface area contributed by atoms with Crippen LogP contribution in [0, 0.1) is 11.8 Å². The van der Waals surface area contributed by atoms with Crippen molar-refractivity contribution in [1.82, 2.24) is 0 Å². The van der Waals surface area contributed by atoms with Gasteiger partial charge in [0, 0.05) is 6.92 Å². The van der Waals surface area contributed by atoms with E-state index in [1.54, 1.807) is 0 Å². The Hall–Kier alpha value is -1.26. The number of carbonyl (C=O) groups excluding carboxylic acids is 2. The van der Waals surface area contributed by atoms with Crippen LogP contribution in [0.2, 0.25) is 0 Å². The van der Waals surface area contributed by atoms with Gasteiger partial charge in [0.25, 0.3) is 6.47 Å². The minimum Gasteiger partial charge on any atom is -0.431 e. The SMILES string of the molecule is CC(OC=O)OC(=O)OC1CCC2CCCCC2C1. The van der Waals surface area contributed by atoms with E-state index in [0.717, 1.165) is 25.2 Å². The van der Waals surface area contributed by atoms with Gasteiger partial charge in [-0.15, -0.1) is 0 Å². The molecule has 0 heterocycles. The van der Waals surface area contributed by atoms with Crippen molar-refractivity contribution in [3.05, 3.63) is 0 Å². The normalized spacial score (nSPS) is 31.7. The van der Waals surface area contributed by atoms with Gasteiger partial charge in [0.2, 0.25) is 6.29 Å². The summed E-state index contributed by atoms with van der Waals surface area (Å²) in [6.07, 6.45) is 6.54. The number of ether oxygens (including phenoxy) is 3. The highest BCUT2D eigenvalue weighted by molar-refractivity contribution is 5.60. The van der Waals surface area contributed by atoms with E-state index in [0.29, 0.717) is 5.92 Å². The second kappa shape index (κ2) is 6.78. The van der Waals surface area contributed by atoms with E-state index >= 15 is 0 Å². The molecule has 0 saturated heterocycles. The summed E-state index contributed by atoms with van der Waals surface area (Å²) >= 11 is 0. The number of hydrogen-bond donors (Lipinski definition) is 0. The van der Waals surface area contributed by atoms with Gasteiger partial charge in [-0.05, 0) is 31.1 Å². The molecule has 0 aromatic carbocycles. The molecule has 2 aliphatic carbocycles. The van der Waals surface area contributed by atoms with Crippen LogP contribution in [0.3, 0.4) is 0 Å². The molecule has 0 aromatic rings. The molecule has 4 unspecified atom stereocenters. The van der Waals surface area contributed by atoms with Crippen molar-refractivity contribution in [3.8, 4) is 0 Å². The Bertz CT molecular complexity index is 317. The second-order valence-electron chi connectivity index (χ2n) is 5.53. The third kappa shape index (κ3) is 4.11. The van der Waals surface area contributed by atoms with E-state index in [-0.39, 0.29) is 12.6 Å².